The molecule has 29 heavy (non-hydrogen) atoms. The van der Waals surface area contributed by atoms with Crippen LogP contribution in [0.15, 0.2) is 72.9 Å². The lowest BCUT2D eigenvalue weighted by molar-refractivity contribution is -0.608. The number of aromatic nitrogens is 1. The van der Waals surface area contributed by atoms with Gasteiger partial charge in [-0.15, -0.1) is 0 Å². The van der Waals surface area contributed by atoms with Crippen LogP contribution in [0.4, 0.5) is 5.69 Å². The lowest BCUT2D eigenvalue weighted by Crippen LogP contribution is -2.36. The summed E-state index contributed by atoms with van der Waals surface area (Å²) in [5.74, 6) is -1.06. The molecule has 1 amide bonds. The average molecular weight is 413 g/mol. The molecule has 0 saturated carbocycles. The summed E-state index contributed by atoms with van der Waals surface area (Å²) in [6, 6.07) is 17.6. The second-order valence-electron chi connectivity index (χ2n) is 5.95. The molecule has 0 aliphatic carbocycles. The molecule has 0 aliphatic heterocycles. The standard InChI is InChI=1S/C21H17ClN2O5/c1-28-18-11-10-15(13-16(18)22)23-20(25)19(14-7-3-2-4-8-14)29-21(26)17-9-5-6-12-24(17)27/h2-13,19H,1H3,(H,23,25)/t19-/m1/s1. The highest BCUT2D eigenvalue weighted by atomic mass is 35.5. The van der Waals surface area contributed by atoms with Crippen LogP contribution in [-0.2, 0) is 9.53 Å². The van der Waals surface area contributed by atoms with Gasteiger partial charge in [0.2, 0.25) is 6.10 Å². The summed E-state index contributed by atoms with van der Waals surface area (Å²) in [7, 11) is 1.48. The summed E-state index contributed by atoms with van der Waals surface area (Å²) in [6.45, 7) is 0. The van der Waals surface area contributed by atoms with Gasteiger partial charge in [0, 0.05) is 23.4 Å². The zero-order valence-electron chi connectivity index (χ0n) is 15.4. The first kappa shape index (κ1) is 20.2. The largest absolute Gasteiger partial charge is 0.618 e. The second kappa shape index (κ2) is 9.07. The van der Waals surface area contributed by atoms with Gasteiger partial charge in [0.1, 0.15) is 5.75 Å². The lowest BCUT2D eigenvalue weighted by Gasteiger charge is -2.18. The van der Waals surface area contributed by atoms with Gasteiger partial charge in [0.25, 0.3) is 5.91 Å². The fourth-order valence-corrected chi connectivity index (χ4v) is 2.86. The van der Waals surface area contributed by atoms with Gasteiger partial charge in [-0.2, -0.15) is 4.73 Å². The molecule has 0 bridgehead atoms. The Labute approximate surface area is 172 Å². The quantitative estimate of drug-likeness (QED) is 0.380. The maximum absolute atomic E-state index is 12.9. The normalized spacial score (nSPS) is 11.4. The number of nitrogens with one attached hydrogen (secondary N) is 1. The average Bonchev–Trinajstić information content (AvgIpc) is 2.73. The number of anilines is 1. The molecule has 8 heteroatoms. The third-order valence-corrected chi connectivity index (χ3v) is 4.31. The highest BCUT2D eigenvalue weighted by Crippen LogP contribution is 2.28. The number of hydrogen-bond acceptors (Lipinski definition) is 5. The van der Waals surface area contributed by atoms with E-state index >= 15 is 0 Å². The van der Waals surface area contributed by atoms with E-state index in [0.29, 0.717) is 26.8 Å². The number of benzene rings is 2. The van der Waals surface area contributed by atoms with E-state index in [4.69, 9.17) is 21.1 Å². The summed E-state index contributed by atoms with van der Waals surface area (Å²) in [5.41, 5.74) is 0.622. The smallest absolute Gasteiger partial charge is 0.406 e. The van der Waals surface area contributed by atoms with Gasteiger partial charge < -0.3 is 20.0 Å². The zero-order valence-corrected chi connectivity index (χ0v) is 16.1. The predicted octanol–water partition coefficient (Wildman–Crippen LogP) is 3.52. The Kier molecular flexibility index (Phi) is 6.31. The van der Waals surface area contributed by atoms with Crippen LogP contribution in [0.5, 0.6) is 5.75 Å². The van der Waals surface area contributed by atoms with Gasteiger partial charge in [-0.25, -0.2) is 4.79 Å². The Morgan fingerprint density at radius 2 is 1.79 bits per heavy atom. The number of hydrogen-bond donors (Lipinski definition) is 1. The molecule has 2 aromatic carbocycles. The van der Waals surface area contributed by atoms with Gasteiger partial charge in [0.05, 0.1) is 12.1 Å². The lowest BCUT2D eigenvalue weighted by atomic mass is 10.1. The van der Waals surface area contributed by atoms with E-state index < -0.39 is 18.0 Å². The van der Waals surface area contributed by atoms with E-state index in [1.807, 2.05) is 0 Å². The Bertz CT molecular complexity index is 1030. The number of nitrogens with zero attached hydrogens (tertiary/aromatic N) is 1. The first-order chi connectivity index (χ1) is 14.0. The van der Waals surface area contributed by atoms with Crippen LogP contribution in [0.1, 0.15) is 22.2 Å². The van der Waals surface area contributed by atoms with Crippen molar-refractivity contribution < 1.29 is 23.8 Å². The molecule has 0 spiro atoms. The second-order valence-corrected chi connectivity index (χ2v) is 6.35. The van der Waals surface area contributed by atoms with Crippen LogP contribution in [-0.4, -0.2) is 19.0 Å². The monoisotopic (exact) mass is 412 g/mol. The molecule has 1 heterocycles. The number of halogens is 1. The number of amides is 1. The van der Waals surface area contributed by atoms with Crippen LogP contribution < -0.4 is 14.8 Å². The van der Waals surface area contributed by atoms with Crippen molar-refractivity contribution in [3.8, 4) is 5.75 Å². The Morgan fingerprint density at radius 3 is 2.45 bits per heavy atom. The Hall–Kier alpha value is -3.58. The van der Waals surface area contributed by atoms with Gasteiger partial charge >= 0.3 is 11.7 Å². The summed E-state index contributed by atoms with van der Waals surface area (Å²) >= 11 is 6.09. The third kappa shape index (κ3) is 4.83. The van der Waals surface area contributed by atoms with Crippen molar-refractivity contribution in [3.63, 3.8) is 0 Å². The number of carbonyl (C=O) groups excluding carboxylic acids is 2. The molecular weight excluding hydrogens is 396 g/mol. The van der Waals surface area contributed by atoms with Gasteiger partial charge in [-0.05, 0) is 24.3 Å². The van der Waals surface area contributed by atoms with Crippen LogP contribution in [0.25, 0.3) is 0 Å². The first-order valence-electron chi connectivity index (χ1n) is 8.58. The molecule has 3 rings (SSSR count). The van der Waals surface area contributed by atoms with Crippen molar-refractivity contribution >= 4 is 29.2 Å². The minimum atomic E-state index is -1.27. The van der Waals surface area contributed by atoms with E-state index in [-0.39, 0.29) is 5.69 Å². The van der Waals surface area contributed by atoms with E-state index in [2.05, 4.69) is 5.32 Å². The van der Waals surface area contributed by atoms with Gasteiger partial charge in [-0.1, -0.05) is 41.9 Å². The fourth-order valence-electron chi connectivity index (χ4n) is 2.61. The minimum Gasteiger partial charge on any atom is -0.618 e. The summed E-state index contributed by atoms with van der Waals surface area (Å²) in [5, 5.41) is 14.8. The zero-order chi connectivity index (χ0) is 20.8. The van der Waals surface area contributed by atoms with Crippen LogP contribution >= 0.6 is 11.6 Å². The van der Waals surface area contributed by atoms with Crippen LogP contribution in [0, 0.1) is 5.21 Å². The van der Waals surface area contributed by atoms with Crippen molar-refractivity contribution in [1.29, 1.82) is 0 Å². The Morgan fingerprint density at radius 1 is 1.07 bits per heavy atom. The number of carbonyl (C=O) groups is 2. The SMILES string of the molecule is COc1ccc(NC(=O)[C@H](OC(=O)c2cccc[n+]2[O-])c2ccccc2)cc1Cl. The number of rotatable bonds is 6. The first-order valence-corrected chi connectivity index (χ1v) is 8.96. The van der Waals surface area contributed by atoms with Crippen molar-refractivity contribution in [3.05, 3.63) is 94.4 Å². The van der Waals surface area contributed by atoms with E-state index in [1.54, 1.807) is 42.5 Å². The molecule has 1 aromatic heterocycles. The minimum absolute atomic E-state index is 0.228. The van der Waals surface area contributed by atoms with E-state index in [0.717, 1.165) is 0 Å². The molecule has 0 radical (unpaired) electrons. The maximum Gasteiger partial charge on any atom is 0.406 e. The highest BCUT2D eigenvalue weighted by molar-refractivity contribution is 6.32. The molecule has 0 fully saturated rings. The molecule has 0 unspecified atom stereocenters. The Balaban J connectivity index is 1.86. The van der Waals surface area contributed by atoms with Gasteiger partial charge in [0.15, 0.2) is 6.20 Å². The molecule has 1 N–H and O–H groups in total. The summed E-state index contributed by atoms with van der Waals surface area (Å²) < 4.78 is 10.9. The van der Waals surface area contributed by atoms with Crippen molar-refractivity contribution in [1.82, 2.24) is 0 Å². The topological polar surface area (TPSA) is 91.6 Å². The van der Waals surface area contributed by atoms with E-state index in [9.17, 15) is 14.8 Å². The van der Waals surface area contributed by atoms with Crippen LogP contribution in [0.3, 0.4) is 0 Å². The summed E-state index contributed by atoms with van der Waals surface area (Å²) in [6.07, 6.45) is -0.0992. The molecule has 0 aliphatic rings. The van der Waals surface area contributed by atoms with Crippen LogP contribution in [0.2, 0.25) is 5.02 Å². The van der Waals surface area contributed by atoms with Crippen molar-refractivity contribution in [2.45, 2.75) is 6.10 Å². The third-order valence-electron chi connectivity index (χ3n) is 4.02. The maximum atomic E-state index is 12.9. The van der Waals surface area contributed by atoms with Gasteiger partial charge in [-0.3, -0.25) is 4.79 Å². The molecule has 7 nitrogen and oxygen atoms in total. The highest BCUT2D eigenvalue weighted by Gasteiger charge is 2.29. The molecular formula is C21H17ClN2O5. The molecule has 3 aromatic rings. The number of methoxy groups -OCH3 is 1. The molecule has 148 valence electrons. The fraction of sp³-hybridized carbons (Fsp3) is 0.0952. The predicted molar refractivity (Wildman–Crippen MR) is 107 cm³/mol. The number of pyridine rings is 1. The van der Waals surface area contributed by atoms with Crippen molar-refractivity contribution in [2.75, 3.05) is 12.4 Å². The van der Waals surface area contributed by atoms with E-state index in [1.165, 1.54) is 37.6 Å². The number of esters is 1. The van der Waals surface area contributed by atoms with Crippen molar-refractivity contribution in [2.24, 2.45) is 0 Å². The summed E-state index contributed by atoms with van der Waals surface area (Å²) in [4.78, 5) is 25.4. The molecule has 1 atom stereocenters. The number of ether oxygens (including phenoxy) is 2. The molecule has 0 saturated heterocycles.